The zero-order chi connectivity index (χ0) is 15.4. The second kappa shape index (κ2) is 6.45. The molecule has 0 unspecified atom stereocenters. The smallest absolute Gasteiger partial charge is 0.340 e. The van der Waals surface area contributed by atoms with E-state index in [0.29, 0.717) is 22.9 Å². The molecule has 2 rings (SSSR count). The number of hydrogen-bond acceptors (Lipinski definition) is 4. The van der Waals surface area contributed by atoms with Crippen molar-refractivity contribution < 1.29 is 13.9 Å². The van der Waals surface area contributed by atoms with Gasteiger partial charge in [0.05, 0.1) is 23.4 Å². The highest BCUT2D eigenvalue weighted by molar-refractivity contribution is 6.34. The first-order valence-electron chi connectivity index (χ1n) is 6.17. The van der Waals surface area contributed by atoms with Gasteiger partial charge in [0.25, 0.3) is 0 Å². The molecule has 0 aromatic heterocycles. The van der Waals surface area contributed by atoms with Crippen molar-refractivity contribution in [2.45, 2.75) is 6.54 Å². The highest BCUT2D eigenvalue weighted by atomic mass is 35.5. The van der Waals surface area contributed by atoms with Gasteiger partial charge in [-0.05, 0) is 29.8 Å². The van der Waals surface area contributed by atoms with Crippen LogP contribution in [0.2, 0.25) is 5.02 Å². The summed E-state index contributed by atoms with van der Waals surface area (Å²) in [5.41, 5.74) is 7.40. The molecule has 0 bridgehead atoms. The fraction of sp³-hybridized carbons (Fsp3) is 0.133. The van der Waals surface area contributed by atoms with Gasteiger partial charge in [0.1, 0.15) is 5.82 Å². The fourth-order valence-corrected chi connectivity index (χ4v) is 2.21. The summed E-state index contributed by atoms with van der Waals surface area (Å²) in [6.45, 7) is 0.311. The average Bonchev–Trinajstić information content (AvgIpc) is 2.45. The number of nitrogen functional groups attached to an aromatic ring is 1. The first kappa shape index (κ1) is 15.1. The maximum Gasteiger partial charge on any atom is 0.340 e. The number of nitrogens with one attached hydrogen (secondary N) is 1. The average molecular weight is 309 g/mol. The Hall–Kier alpha value is -2.27. The molecule has 110 valence electrons. The monoisotopic (exact) mass is 308 g/mol. The quantitative estimate of drug-likeness (QED) is 0.670. The van der Waals surface area contributed by atoms with Crippen LogP contribution in [0.5, 0.6) is 0 Å². The van der Waals surface area contributed by atoms with Gasteiger partial charge in [0.2, 0.25) is 0 Å². The molecule has 0 radical (unpaired) electrons. The highest BCUT2D eigenvalue weighted by Crippen LogP contribution is 2.30. The lowest BCUT2D eigenvalue weighted by Gasteiger charge is -2.13. The molecule has 2 aromatic carbocycles. The van der Waals surface area contributed by atoms with Crippen molar-refractivity contribution in [2.75, 3.05) is 18.2 Å². The summed E-state index contributed by atoms with van der Waals surface area (Å²) < 4.78 is 17.8. The molecule has 2 aromatic rings. The van der Waals surface area contributed by atoms with Gasteiger partial charge in [-0.25, -0.2) is 9.18 Å². The Kier molecular flexibility index (Phi) is 4.65. The number of esters is 1. The first-order chi connectivity index (χ1) is 10.0. The summed E-state index contributed by atoms with van der Waals surface area (Å²) in [4.78, 5) is 11.8. The van der Waals surface area contributed by atoms with E-state index in [9.17, 15) is 9.18 Å². The summed E-state index contributed by atoms with van der Waals surface area (Å²) in [5.74, 6) is -0.878. The molecule has 0 aliphatic heterocycles. The predicted molar refractivity (Wildman–Crippen MR) is 80.9 cm³/mol. The minimum atomic E-state index is -0.550. The molecule has 0 fully saturated rings. The zero-order valence-corrected chi connectivity index (χ0v) is 12.1. The molecule has 6 heteroatoms. The number of carbonyl (C=O) groups is 1. The molecular weight excluding hydrogens is 295 g/mol. The Labute approximate surface area is 126 Å². The van der Waals surface area contributed by atoms with E-state index in [0.717, 1.165) is 5.56 Å². The van der Waals surface area contributed by atoms with E-state index in [-0.39, 0.29) is 11.4 Å². The third kappa shape index (κ3) is 3.64. The van der Waals surface area contributed by atoms with Crippen LogP contribution in [0, 0.1) is 5.82 Å². The molecule has 0 amide bonds. The predicted octanol–water partition coefficient (Wildman–Crippen LogP) is 3.46. The van der Waals surface area contributed by atoms with Gasteiger partial charge >= 0.3 is 5.97 Å². The van der Waals surface area contributed by atoms with Crippen LogP contribution in [0.1, 0.15) is 15.9 Å². The number of halogens is 2. The van der Waals surface area contributed by atoms with E-state index in [1.165, 1.54) is 31.4 Å². The normalized spacial score (nSPS) is 10.2. The second-order valence-electron chi connectivity index (χ2n) is 4.40. The molecule has 0 aliphatic rings. The molecule has 0 atom stereocenters. The van der Waals surface area contributed by atoms with Crippen molar-refractivity contribution in [3.05, 3.63) is 58.4 Å². The summed E-state index contributed by atoms with van der Waals surface area (Å²) in [6.07, 6.45) is 0. The van der Waals surface area contributed by atoms with Crippen LogP contribution in [-0.4, -0.2) is 13.1 Å². The van der Waals surface area contributed by atoms with Crippen molar-refractivity contribution in [3.8, 4) is 0 Å². The fourth-order valence-electron chi connectivity index (χ4n) is 1.92. The lowest BCUT2D eigenvalue weighted by molar-refractivity contribution is 0.0602. The number of ether oxygens (including phenoxy) is 1. The minimum Gasteiger partial charge on any atom is -0.465 e. The van der Waals surface area contributed by atoms with Crippen LogP contribution in [-0.2, 0) is 11.3 Å². The van der Waals surface area contributed by atoms with Gasteiger partial charge in [-0.1, -0.05) is 23.7 Å². The Balaban J connectivity index is 2.28. The van der Waals surface area contributed by atoms with E-state index in [1.54, 1.807) is 12.1 Å². The number of carbonyl (C=O) groups excluding carboxylic acids is 1. The Morgan fingerprint density at radius 3 is 2.81 bits per heavy atom. The number of anilines is 2. The van der Waals surface area contributed by atoms with Gasteiger partial charge in [0, 0.05) is 12.2 Å². The van der Waals surface area contributed by atoms with E-state index >= 15 is 0 Å². The topological polar surface area (TPSA) is 64.3 Å². The van der Waals surface area contributed by atoms with Crippen molar-refractivity contribution in [2.24, 2.45) is 0 Å². The molecule has 21 heavy (non-hydrogen) atoms. The molecule has 0 heterocycles. The van der Waals surface area contributed by atoms with Crippen molar-refractivity contribution >= 4 is 28.9 Å². The van der Waals surface area contributed by atoms with E-state index < -0.39 is 5.97 Å². The van der Waals surface area contributed by atoms with Crippen molar-refractivity contribution in [3.63, 3.8) is 0 Å². The maximum atomic E-state index is 13.1. The lowest BCUT2D eigenvalue weighted by Crippen LogP contribution is -2.10. The van der Waals surface area contributed by atoms with Gasteiger partial charge in [-0.15, -0.1) is 0 Å². The summed E-state index contributed by atoms with van der Waals surface area (Å²) in [7, 11) is 1.27. The van der Waals surface area contributed by atoms with Gasteiger partial charge in [-0.3, -0.25) is 0 Å². The number of nitrogens with two attached hydrogens (primary N) is 1. The third-order valence-corrected chi connectivity index (χ3v) is 3.17. The highest BCUT2D eigenvalue weighted by Gasteiger charge is 2.16. The van der Waals surface area contributed by atoms with E-state index in [2.05, 4.69) is 5.32 Å². The zero-order valence-electron chi connectivity index (χ0n) is 11.3. The van der Waals surface area contributed by atoms with Gasteiger partial charge in [0.15, 0.2) is 0 Å². The van der Waals surface area contributed by atoms with Crippen LogP contribution in [0.15, 0.2) is 36.4 Å². The number of hydrogen-bond donors (Lipinski definition) is 2. The molecule has 0 spiro atoms. The molecule has 0 saturated carbocycles. The van der Waals surface area contributed by atoms with E-state index in [4.69, 9.17) is 22.1 Å². The minimum absolute atomic E-state index is 0.235. The SMILES string of the molecule is COC(=O)c1cc(N)cc(Cl)c1NCc1cccc(F)c1. The van der Waals surface area contributed by atoms with Crippen LogP contribution in [0.25, 0.3) is 0 Å². The molecular formula is C15H14ClFN2O2. The van der Waals surface area contributed by atoms with Gasteiger partial charge in [-0.2, -0.15) is 0 Å². The first-order valence-corrected chi connectivity index (χ1v) is 6.54. The summed E-state index contributed by atoms with van der Waals surface area (Å²) in [5, 5.41) is 3.31. The number of rotatable bonds is 4. The van der Waals surface area contributed by atoms with Crippen LogP contribution in [0.3, 0.4) is 0 Å². The molecule has 4 nitrogen and oxygen atoms in total. The Morgan fingerprint density at radius 2 is 2.14 bits per heavy atom. The van der Waals surface area contributed by atoms with Crippen LogP contribution < -0.4 is 11.1 Å². The molecule has 0 aliphatic carbocycles. The second-order valence-corrected chi connectivity index (χ2v) is 4.81. The number of benzene rings is 2. The Bertz CT molecular complexity index is 677. The Morgan fingerprint density at radius 1 is 1.38 bits per heavy atom. The van der Waals surface area contributed by atoms with Crippen molar-refractivity contribution in [1.82, 2.24) is 0 Å². The maximum absolute atomic E-state index is 13.1. The summed E-state index contributed by atoms with van der Waals surface area (Å²) in [6, 6.07) is 9.14. The third-order valence-electron chi connectivity index (χ3n) is 2.88. The molecule has 0 saturated heterocycles. The molecule has 3 N–H and O–H groups in total. The largest absolute Gasteiger partial charge is 0.465 e. The van der Waals surface area contributed by atoms with Crippen LogP contribution >= 0.6 is 11.6 Å². The van der Waals surface area contributed by atoms with Crippen LogP contribution in [0.4, 0.5) is 15.8 Å². The van der Waals surface area contributed by atoms with E-state index in [1.807, 2.05) is 0 Å². The lowest BCUT2D eigenvalue weighted by atomic mass is 10.1. The summed E-state index contributed by atoms with van der Waals surface area (Å²) >= 11 is 6.11. The van der Waals surface area contributed by atoms with Gasteiger partial charge < -0.3 is 15.8 Å². The number of methoxy groups -OCH3 is 1. The van der Waals surface area contributed by atoms with Crippen molar-refractivity contribution in [1.29, 1.82) is 0 Å². The standard InChI is InChI=1S/C15H14ClFN2O2/c1-21-15(20)12-6-11(18)7-13(16)14(12)19-8-9-3-2-4-10(17)5-9/h2-7,19H,8,18H2,1H3.